The number of esters is 1. The summed E-state index contributed by atoms with van der Waals surface area (Å²) >= 11 is 0. The third kappa shape index (κ3) is 6.13. The number of sulfonamides is 1. The van der Waals surface area contributed by atoms with Crippen molar-refractivity contribution < 1.29 is 27.4 Å². The van der Waals surface area contributed by atoms with Gasteiger partial charge in [-0.25, -0.2) is 13.2 Å². The molecule has 1 aliphatic heterocycles. The first-order valence-electron chi connectivity index (χ1n) is 10.7. The van der Waals surface area contributed by atoms with Crippen LogP contribution in [0.25, 0.3) is 6.08 Å². The van der Waals surface area contributed by atoms with Gasteiger partial charge in [-0.05, 0) is 42.3 Å². The molecule has 0 radical (unpaired) electrons. The molecule has 1 fully saturated rings. The molecule has 1 aliphatic rings. The number of methoxy groups -OCH3 is 3. The molecule has 0 amide bonds. The largest absolute Gasteiger partial charge is 0.493 e. The molecule has 2 aromatic rings. The summed E-state index contributed by atoms with van der Waals surface area (Å²) in [4.78, 5) is 13.8. The van der Waals surface area contributed by atoms with Gasteiger partial charge in [0.05, 0.1) is 21.3 Å². The van der Waals surface area contributed by atoms with Crippen LogP contribution in [0.5, 0.6) is 11.5 Å². The Morgan fingerprint density at radius 1 is 1.00 bits per heavy atom. The fourth-order valence-corrected chi connectivity index (χ4v) is 5.47. The molecule has 0 saturated carbocycles. The monoisotopic (exact) mass is 474 g/mol. The number of hydrogen-bond donors (Lipinski definition) is 0. The van der Waals surface area contributed by atoms with E-state index in [0.717, 1.165) is 13.1 Å². The van der Waals surface area contributed by atoms with Crippen LogP contribution in [0, 0.1) is 0 Å². The predicted octanol–water partition coefficient (Wildman–Crippen LogP) is 2.79. The Hall–Kier alpha value is -2.88. The van der Waals surface area contributed by atoms with Gasteiger partial charge in [-0.2, -0.15) is 4.31 Å². The molecular formula is C24H30N2O6S. The van der Waals surface area contributed by atoms with Gasteiger partial charge in [0.25, 0.3) is 0 Å². The minimum Gasteiger partial charge on any atom is -0.493 e. The third-order valence-corrected chi connectivity index (χ3v) is 7.40. The Kier molecular flexibility index (Phi) is 8.49. The van der Waals surface area contributed by atoms with Crippen LogP contribution in [0.15, 0.2) is 53.4 Å². The van der Waals surface area contributed by atoms with E-state index in [0.29, 0.717) is 31.6 Å². The fourth-order valence-electron chi connectivity index (χ4n) is 3.80. The van der Waals surface area contributed by atoms with Crippen molar-refractivity contribution in [2.45, 2.75) is 17.9 Å². The van der Waals surface area contributed by atoms with E-state index < -0.39 is 16.0 Å². The molecular weight excluding hydrogens is 444 g/mol. The SMILES string of the molecule is COC(=O)/C=C/c1cc(OC)c(OC)c(S(=O)(=O)N2CCCN(Cc3ccccc3)CC2)c1. The molecule has 0 aromatic heterocycles. The molecule has 1 saturated heterocycles. The average molecular weight is 475 g/mol. The topological polar surface area (TPSA) is 85.4 Å². The number of hydrogen-bond acceptors (Lipinski definition) is 7. The standard InChI is InChI=1S/C24H30N2O6S/c1-30-21-16-20(10-11-23(27)31-2)17-22(24(21)32-3)33(28,29)26-13-7-12-25(14-15-26)18-19-8-5-4-6-9-19/h4-6,8-11,16-17H,7,12-15,18H2,1-3H3/b11-10+. The molecule has 8 nitrogen and oxygen atoms in total. The van der Waals surface area contributed by atoms with Crippen LogP contribution in [0.4, 0.5) is 0 Å². The number of ether oxygens (including phenoxy) is 3. The highest BCUT2D eigenvalue weighted by atomic mass is 32.2. The van der Waals surface area contributed by atoms with E-state index >= 15 is 0 Å². The number of nitrogens with zero attached hydrogens (tertiary/aromatic N) is 2. The molecule has 2 aromatic carbocycles. The summed E-state index contributed by atoms with van der Waals surface area (Å²) in [5, 5.41) is 0. The Morgan fingerprint density at radius 2 is 1.76 bits per heavy atom. The van der Waals surface area contributed by atoms with Crippen molar-refractivity contribution in [3.63, 3.8) is 0 Å². The molecule has 0 spiro atoms. The van der Waals surface area contributed by atoms with Crippen molar-refractivity contribution in [3.05, 3.63) is 59.7 Å². The van der Waals surface area contributed by atoms with Crippen molar-refractivity contribution in [1.82, 2.24) is 9.21 Å². The van der Waals surface area contributed by atoms with Crippen LogP contribution in [-0.4, -0.2) is 71.1 Å². The molecule has 0 bridgehead atoms. The summed E-state index contributed by atoms with van der Waals surface area (Å²) in [7, 11) is 0.251. The first kappa shape index (κ1) is 24.8. The van der Waals surface area contributed by atoms with E-state index in [1.807, 2.05) is 18.2 Å². The lowest BCUT2D eigenvalue weighted by atomic mass is 10.2. The summed E-state index contributed by atoms with van der Waals surface area (Å²) < 4.78 is 44.2. The summed E-state index contributed by atoms with van der Waals surface area (Å²) in [5.74, 6) is -0.137. The predicted molar refractivity (Wildman–Crippen MR) is 126 cm³/mol. The van der Waals surface area contributed by atoms with Crippen LogP contribution in [-0.2, 0) is 26.1 Å². The van der Waals surface area contributed by atoms with E-state index in [2.05, 4.69) is 21.8 Å². The molecule has 33 heavy (non-hydrogen) atoms. The molecule has 0 unspecified atom stereocenters. The number of benzene rings is 2. The number of carbonyl (C=O) groups excluding carboxylic acids is 1. The lowest BCUT2D eigenvalue weighted by molar-refractivity contribution is -0.134. The van der Waals surface area contributed by atoms with Gasteiger partial charge >= 0.3 is 5.97 Å². The van der Waals surface area contributed by atoms with Crippen LogP contribution >= 0.6 is 0 Å². The van der Waals surface area contributed by atoms with Gasteiger partial charge in [-0.15, -0.1) is 0 Å². The average Bonchev–Trinajstić information content (AvgIpc) is 3.08. The molecule has 0 aliphatic carbocycles. The summed E-state index contributed by atoms with van der Waals surface area (Å²) in [6, 6.07) is 13.2. The zero-order chi connectivity index (χ0) is 23.8. The molecule has 0 N–H and O–H groups in total. The van der Waals surface area contributed by atoms with Gasteiger partial charge in [0.15, 0.2) is 11.5 Å². The molecule has 178 valence electrons. The third-order valence-electron chi connectivity index (χ3n) is 5.49. The maximum Gasteiger partial charge on any atom is 0.330 e. The van der Waals surface area contributed by atoms with Gasteiger partial charge in [0, 0.05) is 32.3 Å². The lowest BCUT2D eigenvalue weighted by Crippen LogP contribution is -2.35. The minimum atomic E-state index is -3.87. The van der Waals surface area contributed by atoms with Gasteiger partial charge in [0.1, 0.15) is 4.90 Å². The van der Waals surface area contributed by atoms with Gasteiger partial charge in [-0.1, -0.05) is 30.3 Å². The van der Waals surface area contributed by atoms with Gasteiger partial charge in [-0.3, -0.25) is 4.90 Å². The van der Waals surface area contributed by atoms with Crippen LogP contribution in [0.2, 0.25) is 0 Å². The lowest BCUT2D eigenvalue weighted by Gasteiger charge is -2.23. The van der Waals surface area contributed by atoms with Crippen molar-refractivity contribution in [2.75, 3.05) is 47.5 Å². The van der Waals surface area contributed by atoms with E-state index in [1.165, 1.54) is 49.4 Å². The maximum atomic E-state index is 13.7. The smallest absolute Gasteiger partial charge is 0.330 e. The Bertz CT molecular complexity index is 1090. The number of rotatable bonds is 8. The second-order valence-corrected chi connectivity index (χ2v) is 9.54. The Labute approximate surface area is 195 Å². The normalized spacial score (nSPS) is 15.8. The molecule has 1 heterocycles. The van der Waals surface area contributed by atoms with Crippen LogP contribution < -0.4 is 9.47 Å². The van der Waals surface area contributed by atoms with E-state index in [1.54, 1.807) is 6.07 Å². The molecule has 0 atom stereocenters. The van der Waals surface area contributed by atoms with Crippen LogP contribution in [0.1, 0.15) is 17.5 Å². The molecule has 9 heteroatoms. The number of carbonyl (C=O) groups is 1. The van der Waals surface area contributed by atoms with Crippen molar-refractivity contribution in [3.8, 4) is 11.5 Å². The summed E-state index contributed by atoms with van der Waals surface area (Å²) in [5.41, 5.74) is 1.68. The maximum absolute atomic E-state index is 13.7. The van der Waals surface area contributed by atoms with Crippen LogP contribution in [0.3, 0.4) is 0 Å². The Morgan fingerprint density at radius 3 is 2.42 bits per heavy atom. The van der Waals surface area contributed by atoms with E-state index in [9.17, 15) is 13.2 Å². The zero-order valence-electron chi connectivity index (χ0n) is 19.2. The highest BCUT2D eigenvalue weighted by Gasteiger charge is 2.31. The fraction of sp³-hybridized carbons (Fsp3) is 0.375. The second-order valence-electron chi connectivity index (χ2n) is 7.63. The summed E-state index contributed by atoms with van der Waals surface area (Å²) in [6.45, 7) is 2.97. The Balaban J connectivity index is 1.87. The van der Waals surface area contributed by atoms with Gasteiger partial charge in [0.2, 0.25) is 10.0 Å². The first-order chi connectivity index (χ1) is 15.9. The summed E-state index contributed by atoms with van der Waals surface area (Å²) in [6.07, 6.45) is 3.43. The minimum absolute atomic E-state index is 0.00498. The van der Waals surface area contributed by atoms with Gasteiger partial charge < -0.3 is 14.2 Å². The first-order valence-corrected chi connectivity index (χ1v) is 12.1. The second kappa shape index (κ2) is 11.3. The van der Waals surface area contributed by atoms with Crippen molar-refractivity contribution in [2.24, 2.45) is 0 Å². The zero-order valence-corrected chi connectivity index (χ0v) is 20.0. The van der Waals surface area contributed by atoms with Crippen molar-refractivity contribution >= 4 is 22.1 Å². The highest BCUT2D eigenvalue weighted by Crippen LogP contribution is 2.37. The van der Waals surface area contributed by atoms with Crippen molar-refractivity contribution in [1.29, 1.82) is 0 Å². The van der Waals surface area contributed by atoms with E-state index in [-0.39, 0.29) is 16.4 Å². The molecule has 3 rings (SSSR count). The quantitative estimate of drug-likeness (QED) is 0.430. The van der Waals surface area contributed by atoms with E-state index in [4.69, 9.17) is 9.47 Å². The highest BCUT2D eigenvalue weighted by molar-refractivity contribution is 7.89.